The van der Waals surface area contributed by atoms with Crippen LogP contribution < -0.4 is 10.6 Å². The number of nitrogens with two attached hydrogens (primary N) is 1. The minimum atomic E-state index is -2.67. The molecule has 6 N–H and O–H groups in total. The fourth-order valence-corrected chi connectivity index (χ4v) is 5.81. The van der Waals surface area contributed by atoms with Crippen molar-refractivity contribution >= 4 is 23.2 Å². The third-order valence-corrected chi connectivity index (χ3v) is 7.34. The Kier molecular flexibility index (Phi) is 5.46. The first kappa shape index (κ1) is 24.3. The molecule has 1 amide bonds. The van der Waals surface area contributed by atoms with Crippen molar-refractivity contribution in [2.75, 3.05) is 33.1 Å². The molecule has 3 aliphatic rings. The molecule has 35 heavy (non-hydrogen) atoms. The predicted octanol–water partition coefficient (Wildman–Crippen LogP) is 0.168. The molecule has 3 aliphatic carbocycles. The van der Waals surface area contributed by atoms with Crippen molar-refractivity contribution in [2.24, 2.45) is 17.6 Å². The van der Waals surface area contributed by atoms with Gasteiger partial charge in [-0.05, 0) is 44.5 Å². The maximum Gasteiger partial charge on any atom is 0.255 e. The maximum absolute atomic E-state index is 13.7. The first-order chi connectivity index (χ1) is 16.3. The van der Waals surface area contributed by atoms with Crippen molar-refractivity contribution in [3.63, 3.8) is 0 Å². The average molecular weight is 482 g/mol. The number of amides is 1. The third-order valence-electron chi connectivity index (χ3n) is 7.34. The molecule has 4 rings (SSSR count). The second-order valence-corrected chi connectivity index (χ2v) is 9.65. The summed E-state index contributed by atoms with van der Waals surface area (Å²) in [6.07, 6.45) is 5.74. The highest BCUT2D eigenvalue weighted by Crippen LogP contribution is 2.53. The number of Topliss-reactive ketones (excluding diaryl/α,β-unsaturated/α-hetero) is 2. The van der Waals surface area contributed by atoms with E-state index in [-0.39, 0.29) is 29.5 Å². The molecule has 0 aliphatic heterocycles. The number of hydrogen-bond donors (Lipinski definition) is 5. The van der Waals surface area contributed by atoms with Crippen molar-refractivity contribution < 1.29 is 34.8 Å². The second kappa shape index (κ2) is 7.86. The average Bonchev–Trinajstić information content (AvgIpc) is 2.75. The van der Waals surface area contributed by atoms with E-state index in [2.05, 4.69) is 5.92 Å². The number of aromatic hydroxyl groups is 1. The molecule has 0 aromatic heterocycles. The molecule has 184 valence electrons. The topological polar surface area (TPSA) is 165 Å². The van der Waals surface area contributed by atoms with Crippen molar-refractivity contribution in [3.8, 4) is 18.1 Å². The highest BCUT2D eigenvalue weighted by Gasteiger charge is 2.63. The number of hydrogen-bond acceptors (Lipinski definition) is 9. The molecule has 1 aromatic rings. The van der Waals surface area contributed by atoms with Gasteiger partial charge in [-0.2, -0.15) is 0 Å². The summed E-state index contributed by atoms with van der Waals surface area (Å²) in [4.78, 5) is 42.3. The Morgan fingerprint density at radius 2 is 1.83 bits per heavy atom. The molecule has 0 saturated carbocycles. The summed E-state index contributed by atoms with van der Waals surface area (Å²) >= 11 is 0. The van der Waals surface area contributed by atoms with Crippen molar-refractivity contribution in [1.29, 1.82) is 0 Å². The first-order valence-electron chi connectivity index (χ1n) is 11.0. The molecule has 0 saturated heterocycles. The summed E-state index contributed by atoms with van der Waals surface area (Å²) in [5, 5.41) is 44.5. The van der Waals surface area contributed by atoms with Crippen LogP contribution in [-0.2, 0) is 16.0 Å². The number of anilines is 1. The number of terminal acetylenes is 1. The summed E-state index contributed by atoms with van der Waals surface area (Å²) < 4.78 is 0. The number of aliphatic hydroxyl groups excluding tert-OH is 2. The molecule has 0 fully saturated rings. The van der Waals surface area contributed by atoms with E-state index in [1.165, 1.54) is 4.90 Å². The lowest BCUT2D eigenvalue weighted by molar-refractivity contribution is -0.148. The second-order valence-electron chi connectivity index (χ2n) is 9.65. The van der Waals surface area contributed by atoms with Crippen molar-refractivity contribution in [2.45, 2.75) is 24.5 Å². The molecular weight excluding hydrogens is 454 g/mol. The molecule has 0 heterocycles. The molecule has 10 nitrogen and oxygen atoms in total. The molecule has 10 heteroatoms. The molecule has 1 aromatic carbocycles. The molecule has 0 radical (unpaired) electrons. The number of likely N-dealkylation sites (N-methyl/N-ethyl adjacent to an activating group) is 1. The molecule has 0 unspecified atom stereocenters. The number of benzene rings is 1. The van der Waals surface area contributed by atoms with E-state index < -0.39 is 63.8 Å². The van der Waals surface area contributed by atoms with Gasteiger partial charge in [0.15, 0.2) is 11.4 Å². The summed E-state index contributed by atoms with van der Waals surface area (Å²) in [6.45, 7) is 0. The number of primary amides is 1. The van der Waals surface area contributed by atoms with Crippen LogP contribution in [0.3, 0.4) is 0 Å². The SMILES string of the molecule is C#Cc1cc(N(C)C)c2c(c1O)C(=O)C1=C(O)[C@]3(O)C(=O)C(C(N)=O)=C(O)[C@@H](N(C)C)[C@@H]3C[C@@H]1C2. The van der Waals surface area contributed by atoms with E-state index in [1.807, 2.05) is 0 Å². The molecular formula is C25H27N3O7. The zero-order valence-electron chi connectivity index (χ0n) is 19.8. The van der Waals surface area contributed by atoms with Gasteiger partial charge in [-0.1, -0.05) is 5.92 Å². The first-order valence-corrected chi connectivity index (χ1v) is 11.0. The van der Waals surface area contributed by atoms with E-state index in [0.29, 0.717) is 11.3 Å². The Bertz CT molecular complexity index is 1300. The minimum absolute atomic E-state index is 0.0241. The van der Waals surface area contributed by atoms with Gasteiger partial charge in [0.1, 0.15) is 22.8 Å². The van der Waals surface area contributed by atoms with E-state index in [1.54, 1.807) is 39.2 Å². The van der Waals surface area contributed by atoms with Crippen LogP contribution >= 0.6 is 0 Å². The van der Waals surface area contributed by atoms with Crippen LogP contribution in [0.1, 0.15) is 27.9 Å². The van der Waals surface area contributed by atoms with Gasteiger partial charge in [0, 0.05) is 31.3 Å². The summed E-state index contributed by atoms with van der Waals surface area (Å²) in [6, 6.07) is 0.557. The number of rotatable bonds is 3. The number of carbonyl (C=O) groups excluding carboxylic acids is 3. The standard InChI is InChI=1S/C25H27N3O7/c1-6-10-9-14(27(2)3)12-7-11-8-13-18(28(4)5)21(31)17(24(26)34)23(33)25(13,35)22(32)15(11)20(30)16(12)19(10)29/h1,9,11,13,18,29,31-32,35H,7-8H2,2-5H3,(H2,26,34)/t11-,13-,18-,25-/m0/s1. The van der Waals surface area contributed by atoms with Crippen LogP contribution in [0.25, 0.3) is 0 Å². The number of carbonyl (C=O) groups is 3. The highest BCUT2D eigenvalue weighted by atomic mass is 16.3. The van der Waals surface area contributed by atoms with Crippen molar-refractivity contribution in [3.05, 3.63) is 45.4 Å². The molecule has 0 spiro atoms. The van der Waals surface area contributed by atoms with Crippen LogP contribution in [-0.4, -0.2) is 82.6 Å². The Hall–Kier alpha value is -3.81. The number of ketones is 2. The number of aliphatic hydroxyl groups is 3. The van der Waals surface area contributed by atoms with Crippen molar-refractivity contribution in [1.82, 2.24) is 4.90 Å². The van der Waals surface area contributed by atoms with E-state index >= 15 is 0 Å². The number of phenolic OH excluding ortho intramolecular Hbond substituents is 1. The lowest BCUT2D eigenvalue weighted by Crippen LogP contribution is -2.63. The molecule has 0 bridgehead atoms. The van der Waals surface area contributed by atoms with Gasteiger partial charge in [-0.3, -0.25) is 19.3 Å². The number of nitrogens with zero attached hydrogens (tertiary/aromatic N) is 2. The summed E-state index contributed by atoms with van der Waals surface area (Å²) in [5.74, 6) is -4.63. The van der Waals surface area contributed by atoms with Gasteiger partial charge in [0.05, 0.1) is 17.2 Å². The lowest BCUT2D eigenvalue weighted by atomic mass is 9.58. The minimum Gasteiger partial charge on any atom is -0.510 e. The molecule has 4 atom stereocenters. The Labute approximate surface area is 201 Å². The van der Waals surface area contributed by atoms with Crippen LogP contribution in [0.5, 0.6) is 5.75 Å². The monoisotopic (exact) mass is 481 g/mol. The predicted molar refractivity (Wildman–Crippen MR) is 126 cm³/mol. The van der Waals surface area contributed by atoms with Gasteiger partial charge in [-0.25, -0.2) is 0 Å². The third kappa shape index (κ3) is 3.08. The summed E-state index contributed by atoms with van der Waals surface area (Å²) in [5.41, 5.74) is 2.69. The summed E-state index contributed by atoms with van der Waals surface area (Å²) in [7, 11) is 6.68. The van der Waals surface area contributed by atoms with E-state index in [9.17, 15) is 34.8 Å². The zero-order valence-corrected chi connectivity index (χ0v) is 19.8. The van der Waals surface area contributed by atoms with Crippen LogP contribution in [0.15, 0.2) is 28.7 Å². The number of phenols is 1. The largest absolute Gasteiger partial charge is 0.510 e. The van der Waals surface area contributed by atoms with Gasteiger partial charge >= 0.3 is 0 Å². The maximum atomic E-state index is 13.7. The van der Waals surface area contributed by atoms with Gasteiger partial charge in [-0.15, -0.1) is 6.42 Å². The Morgan fingerprint density at radius 1 is 1.20 bits per heavy atom. The number of fused-ring (bicyclic) bond motifs is 3. The Balaban J connectivity index is 2.01. The fourth-order valence-electron chi connectivity index (χ4n) is 5.81. The zero-order chi connectivity index (χ0) is 26.1. The van der Waals surface area contributed by atoms with Gasteiger partial charge < -0.3 is 31.1 Å². The van der Waals surface area contributed by atoms with Crippen LogP contribution in [0.2, 0.25) is 0 Å². The van der Waals surface area contributed by atoms with Crippen LogP contribution in [0, 0.1) is 24.2 Å². The normalized spacial score (nSPS) is 27.9. The van der Waals surface area contributed by atoms with Crippen LogP contribution in [0.4, 0.5) is 5.69 Å². The Morgan fingerprint density at radius 3 is 2.34 bits per heavy atom. The quantitative estimate of drug-likeness (QED) is 0.299. The smallest absolute Gasteiger partial charge is 0.255 e. The van der Waals surface area contributed by atoms with Gasteiger partial charge in [0.2, 0.25) is 5.78 Å². The van der Waals surface area contributed by atoms with Gasteiger partial charge in [0.25, 0.3) is 5.91 Å². The lowest BCUT2D eigenvalue weighted by Gasteiger charge is -2.50. The number of allylic oxidation sites excluding steroid dienone is 1. The van der Waals surface area contributed by atoms with E-state index in [4.69, 9.17) is 12.2 Å². The fraction of sp³-hybridized carbons (Fsp3) is 0.400. The highest BCUT2D eigenvalue weighted by molar-refractivity contribution is 6.25. The van der Waals surface area contributed by atoms with E-state index in [0.717, 1.165) is 0 Å².